The second-order valence-corrected chi connectivity index (χ2v) is 4.67. The average Bonchev–Trinajstić information content (AvgIpc) is 2.76. The van der Waals surface area contributed by atoms with Crippen LogP contribution in [0.2, 0.25) is 0 Å². The Bertz CT molecular complexity index is 344. The van der Waals surface area contributed by atoms with E-state index in [2.05, 4.69) is 22.2 Å². The summed E-state index contributed by atoms with van der Waals surface area (Å²) >= 11 is 0. The van der Waals surface area contributed by atoms with Crippen LogP contribution in [0.15, 0.2) is 6.33 Å². The molecular formula is C11H17N3. The second-order valence-electron chi connectivity index (χ2n) is 4.67. The Kier molecular flexibility index (Phi) is 1.71. The molecule has 2 heterocycles. The van der Waals surface area contributed by atoms with Gasteiger partial charge in [0.15, 0.2) is 0 Å². The number of nitrogens with zero attached hydrogens (tertiary/aromatic N) is 1. The van der Waals surface area contributed by atoms with Crippen LogP contribution in [0.25, 0.3) is 0 Å². The van der Waals surface area contributed by atoms with E-state index < -0.39 is 0 Å². The van der Waals surface area contributed by atoms with Crippen molar-refractivity contribution in [3.05, 3.63) is 17.7 Å². The van der Waals surface area contributed by atoms with Gasteiger partial charge in [0, 0.05) is 18.7 Å². The summed E-state index contributed by atoms with van der Waals surface area (Å²) in [5.74, 6) is 0.727. The van der Waals surface area contributed by atoms with E-state index in [1.165, 1.54) is 30.7 Å². The zero-order chi connectivity index (χ0) is 9.60. The SMILES string of the molecule is C[C@@H]1CCC[C@]12NCCc1[nH]cnc12. The minimum Gasteiger partial charge on any atom is -0.348 e. The molecule has 3 heteroatoms. The highest BCUT2D eigenvalue weighted by atomic mass is 15.1. The van der Waals surface area contributed by atoms with E-state index >= 15 is 0 Å². The van der Waals surface area contributed by atoms with Gasteiger partial charge >= 0.3 is 0 Å². The van der Waals surface area contributed by atoms with Gasteiger partial charge in [-0.3, -0.25) is 0 Å². The minimum absolute atomic E-state index is 0.202. The number of fused-ring (bicyclic) bond motifs is 2. The van der Waals surface area contributed by atoms with Gasteiger partial charge in [-0.1, -0.05) is 13.3 Å². The quantitative estimate of drug-likeness (QED) is 0.653. The predicted molar refractivity (Wildman–Crippen MR) is 55.0 cm³/mol. The highest BCUT2D eigenvalue weighted by Crippen LogP contribution is 2.44. The molecule has 76 valence electrons. The molecule has 1 aromatic rings. The normalized spacial score (nSPS) is 36.2. The number of H-pyrrole nitrogens is 1. The van der Waals surface area contributed by atoms with E-state index in [0.29, 0.717) is 0 Å². The summed E-state index contributed by atoms with van der Waals surface area (Å²) < 4.78 is 0. The van der Waals surface area contributed by atoms with Gasteiger partial charge in [0.1, 0.15) is 0 Å². The first-order chi connectivity index (χ1) is 6.83. The fraction of sp³-hybridized carbons (Fsp3) is 0.727. The topological polar surface area (TPSA) is 40.7 Å². The van der Waals surface area contributed by atoms with E-state index in [4.69, 9.17) is 0 Å². The average molecular weight is 191 g/mol. The summed E-state index contributed by atoms with van der Waals surface area (Å²) in [6.45, 7) is 3.45. The summed E-state index contributed by atoms with van der Waals surface area (Å²) in [4.78, 5) is 7.80. The smallest absolute Gasteiger partial charge is 0.0926 e. The fourth-order valence-corrected chi connectivity index (χ4v) is 3.18. The Labute approximate surface area is 84.3 Å². The molecule has 1 fully saturated rings. The molecule has 1 aromatic heterocycles. The Morgan fingerprint density at radius 3 is 3.29 bits per heavy atom. The van der Waals surface area contributed by atoms with E-state index in [1.54, 1.807) is 0 Å². The standard InChI is InChI=1S/C11H17N3/c1-8-3-2-5-11(8)10-9(4-6-14-11)12-7-13-10/h7-8,14H,2-6H2,1H3,(H,12,13)/t8-,11+/m1/s1. The molecule has 3 rings (SSSR count). The first kappa shape index (κ1) is 8.48. The predicted octanol–water partition coefficient (Wildman–Crippen LogP) is 1.57. The summed E-state index contributed by atoms with van der Waals surface area (Å²) in [5.41, 5.74) is 2.86. The number of aromatic amines is 1. The van der Waals surface area contributed by atoms with Crippen molar-refractivity contribution in [3.8, 4) is 0 Å². The molecule has 2 atom stereocenters. The fourth-order valence-electron chi connectivity index (χ4n) is 3.18. The largest absolute Gasteiger partial charge is 0.348 e. The van der Waals surface area contributed by atoms with Gasteiger partial charge < -0.3 is 10.3 Å². The summed E-state index contributed by atoms with van der Waals surface area (Å²) in [6.07, 6.45) is 6.88. The number of rotatable bonds is 0. The summed E-state index contributed by atoms with van der Waals surface area (Å²) in [5, 5.41) is 3.70. The molecule has 0 amide bonds. The van der Waals surface area contributed by atoms with Crippen molar-refractivity contribution in [2.45, 2.75) is 38.1 Å². The lowest BCUT2D eigenvalue weighted by molar-refractivity contribution is 0.242. The van der Waals surface area contributed by atoms with Crippen LogP contribution < -0.4 is 5.32 Å². The van der Waals surface area contributed by atoms with Crippen LogP contribution in [0, 0.1) is 5.92 Å². The lowest BCUT2D eigenvalue weighted by atomic mass is 9.81. The van der Waals surface area contributed by atoms with Crippen LogP contribution in [0.5, 0.6) is 0 Å². The third kappa shape index (κ3) is 0.934. The van der Waals surface area contributed by atoms with Crippen molar-refractivity contribution in [1.82, 2.24) is 15.3 Å². The van der Waals surface area contributed by atoms with Crippen LogP contribution in [0.1, 0.15) is 37.6 Å². The maximum atomic E-state index is 4.52. The monoisotopic (exact) mass is 191 g/mol. The highest BCUT2D eigenvalue weighted by Gasteiger charge is 2.45. The molecular weight excluding hydrogens is 174 g/mol. The third-order valence-corrected chi connectivity index (χ3v) is 4.01. The van der Waals surface area contributed by atoms with Crippen molar-refractivity contribution in [1.29, 1.82) is 0 Å². The van der Waals surface area contributed by atoms with Crippen molar-refractivity contribution in [3.63, 3.8) is 0 Å². The molecule has 14 heavy (non-hydrogen) atoms. The maximum absolute atomic E-state index is 4.52. The Morgan fingerprint density at radius 1 is 1.57 bits per heavy atom. The maximum Gasteiger partial charge on any atom is 0.0926 e. The Morgan fingerprint density at radius 2 is 2.50 bits per heavy atom. The van der Waals surface area contributed by atoms with E-state index in [1.807, 2.05) is 6.33 Å². The zero-order valence-corrected chi connectivity index (χ0v) is 8.64. The van der Waals surface area contributed by atoms with Crippen LogP contribution in [-0.4, -0.2) is 16.5 Å². The minimum atomic E-state index is 0.202. The van der Waals surface area contributed by atoms with E-state index in [-0.39, 0.29) is 5.54 Å². The lowest BCUT2D eigenvalue weighted by Gasteiger charge is -2.37. The van der Waals surface area contributed by atoms with E-state index in [0.717, 1.165) is 18.9 Å². The number of nitrogens with one attached hydrogen (secondary N) is 2. The van der Waals surface area contributed by atoms with Crippen molar-refractivity contribution < 1.29 is 0 Å². The summed E-state index contributed by atoms with van der Waals surface area (Å²) in [6, 6.07) is 0. The van der Waals surface area contributed by atoms with Gasteiger partial charge in [-0.15, -0.1) is 0 Å². The molecule has 1 spiro atoms. The molecule has 2 N–H and O–H groups in total. The molecule has 0 saturated heterocycles. The Hall–Kier alpha value is -0.830. The number of hydrogen-bond donors (Lipinski definition) is 2. The first-order valence-corrected chi connectivity index (χ1v) is 5.61. The number of aromatic nitrogens is 2. The van der Waals surface area contributed by atoms with Crippen LogP contribution in [0.3, 0.4) is 0 Å². The van der Waals surface area contributed by atoms with Gasteiger partial charge in [-0.05, 0) is 18.8 Å². The molecule has 3 nitrogen and oxygen atoms in total. The van der Waals surface area contributed by atoms with E-state index in [9.17, 15) is 0 Å². The van der Waals surface area contributed by atoms with Crippen LogP contribution >= 0.6 is 0 Å². The van der Waals surface area contributed by atoms with Crippen molar-refractivity contribution in [2.24, 2.45) is 5.92 Å². The molecule has 1 aliphatic heterocycles. The zero-order valence-electron chi connectivity index (χ0n) is 8.64. The van der Waals surface area contributed by atoms with Gasteiger partial charge in [0.05, 0.1) is 17.6 Å². The van der Waals surface area contributed by atoms with Crippen LogP contribution in [-0.2, 0) is 12.0 Å². The molecule has 1 aliphatic carbocycles. The first-order valence-electron chi connectivity index (χ1n) is 5.61. The number of hydrogen-bond acceptors (Lipinski definition) is 2. The molecule has 0 aromatic carbocycles. The second kappa shape index (κ2) is 2.83. The molecule has 0 unspecified atom stereocenters. The van der Waals surface area contributed by atoms with Gasteiger partial charge in [-0.25, -0.2) is 4.98 Å². The highest BCUT2D eigenvalue weighted by molar-refractivity contribution is 5.27. The van der Waals surface area contributed by atoms with Gasteiger partial charge in [0.2, 0.25) is 0 Å². The van der Waals surface area contributed by atoms with Crippen LogP contribution in [0.4, 0.5) is 0 Å². The lowest BCUT2D eigenvalue weighted by Crippen LogP contribution is -2.49. The number of imidazole rings is 1. The van der Waals surface area contributed by atoms with Gasteiger partial charge in [-0.2, -0.15) is 0 Å². The molecule has 0 bridgehead atoms. The van der Waals surface area contributed by atoms with Crippen molar-refractivity contribution >= 4 is 0 Å². The van der Waals surface area contributed by atoms with Crippen molar-refractivity contribution in [2.75, 3.05) is 6.54 Å². The molecule has 1 saturated carbocycles. The third-order valence-electron chi connectivity index (χ3n) is 4.01. The van der Waals surface area contributed by atoms with Gasteiger partial charge in [0.25, 0.3) is 0 Å². The summed E-state index contributed by atoms with van der Waals surface area (Å²) in [7, 11) is 0. The molecule has 0 radical (unpaired) electrons. The Balaban J connectivity index is 2.10. The molecule has 2 aliphatic rings.